The minimum atomic E-state index is -1.04. The normalized spacial score (nSPS) is 24.9. The van der Waals surface area contributed by atoms with Crippen molar-refractivity contribution in [2.45, 2.75) is 186 Å². The van der Waals surface area contributed by atoms with Crippen LogP contribution in [0.2, 0.25) is 20.1 Å². The van der Waals surface area contributed by atoms with Crippen LogP contribution in [0.25, 0.3) is 0 Å². The molecule has 0 unspecified atom stereocenters. The molecule has 5 spiro atoms. The van der Waals surface area contributed by atoms with Crippen LogP contribution in [0.1, 0.15) is 241 Å². The maximum Gasteiger partial charge on any atom is 0.272 e. The van der Waals surface area contributed by atoms with Crippen molar-refractivity contribution >= 4 is 140 Å². The third kappa shape index (κ3) is 19.4. The monoisotopic (exact) mass is 2010 g/mol. The van der Waals surface area contributed by atoms with Gasteiger partial charge in [0, 0.05) is 89.6 Å². The van der Waals surface area contributed by atoms with E-state index in [2.05, 4.69) is 55.7 Å². The van der Waals surface area contributed by atoms with Gasteiger partial charge in [0.25, 0.3) is 47.3 Å². The highest BCUT2D eigenvalue weighted by molar-refractivity contribution is 6.35. The van der Waals surface area contributed by atoms with Crippen molar-refractivity contribution in [3.63, 3.8) is 0 Å². The molecule has 12 amide bonds. The summed E-state index contributed by atoms with van der Waals surface area (Å²) in [6, 6.07) is 11.0. The highest BCUT2D eigenvalue weighted by atomic mass is 35.5. The van der Waals surface area contributed by atoms with Gasteiger partial charge < -0.3 is 90.9 Å². The molecular weight excluding hydrogens is 1900 g/mol. The predicted octanol–water partition coefficient (Wildman–Crippen LogP) is 12.2. The summed E-state index contributed by atoms with van der Waals surface area (Å²) >= 11 is 25.0. The van der Waals surface area contributed by atoms with Crippen molar-refractivity contribution in [3.8, 4) is 0 Å². The van der Waals surface area contributed by atoms with Crippen LogP contribution in [0.4, 0.5) is 44.7 Å². The zero-order valence-corrected chi connectivity index (χ0v) is 81.1. The fourth-order valence-electron chi connectivity index (χ4n) is 22.1. The van der Waals surface area contributed by atoms with Crippen LogP contribution < -0.4 is 47.0 Å². The third-order valence-electron chi connectivity index (χ3n) is 30.8. The van der Waals surface area contributed by atoms with Crippen molar-refractivity contribution in [1.82, 2.24) is 75.0 Å². The van der Waals surface area contributed by atoms with Gasteiger partial charge in [-0.05, 0) is 234 Å². The Morgan fingerprint density at radius 3 is 1.01 bits per heavy atom. The number of nitrogens with two attached hydrogens (primary N) is 2. The van der Waals surface area contributed by atoms with Gasteiger partial charge in [-0.3, -0.25) is 57.5 Å². The summed E-state index contributed by atoms with van der Waals surface area (Å²) in [5.74, 6) is -5.33. The fraction of sp³-hybridized carbons (Fsp3) is 0.505. The topological polar surface area (TPSA) is 432 Å². The van der Waals surface area contributed by atoms with Gasteiger partial charge >= 0.3 is 0 Å². The van der Waals surface area contributed by atoms with Gasteiger partial charge in [-0.2, -0.15) is 0 Å². The largest absolute Gasteiger partial charge is 0.380 e. The van der Waals surface area contributed by atoms with E-state index >= 15 is 0 Å². The average Bonchev–Trinajstić information content (AvgIpc) is 1.47. The summed E-state index contributed by atoms with van der Waals surface area (Å²) in [5, 5.41) is 9.86. The van der Waals surface area contributed by atoms with E-state index in [4.69, 9.17) is 62.6 Å². The van der Waals surface area contributed by atoms with Gasteiger partial charge in [-0.15, -0.1) is 0 Å². The molecule has 43 heteroatoms. The Balaban J connectivity index is 0.000000129. The summed E-state index contributed by atoms with van der Waals surface area (Å²) < 4.78 is 75.3. The number of aromatic amines is 3. The van der Waals surface area contributed by atoms with E-state index in [1.54, 1.807) is 85.9 Å². The molecule has 34 nitrogen and oxygen atoms in total. The number of carbonyl (C=O) groups excluding carboxylic acids is 12. The number of anilines is 4. The number of amides is 12. The van der Waals surface area contributed by atoms with Gasteiger partial charge in [0.15, 0.2) is 22.8 Å². The summed E-state index contributed by atoms with van der Waals surface area (Å²) in [6.07, 6.45) is 17.1. The van der Waals surface area contributed by atoms with E-state index in [1.165, 1.54) is 54.5 Å². The molecule has 744 valence electrons. The minimum absolute atomic E-state index is 0.00129. The highest BCUT2D eigenvalue weighted by Crippen LogP contribution is 2.54. The van der Waals surface area contributed by atoms with Crippen LogP contribution >= 0.6 is 46.4 Å². The molecule has 20 rings (SSSR count). The van der Waals surface area contributed by atoms with E-state index in [0.717, 1.165) is 13.1 Å². The van der Waals surface area contributed by atoms with Crippen LogP contribution in [0.5, 0.6) is 0 Å². The van der Waals surface area contributed by atoms with E-state index in [0.29, 0.717) is 239 Å². The zero-order valence-electron chi connectivity index (χ0n) is 78.0. The van der Waals surface area contributed by atoms with Crippen LogP contribution in [-0.2, 0) is 23.9 Å². The summed E-state index contributed by atoms with van der Waals surface area (Å²) in [6.45, 7) is 14.1. The number of imidazole rings is 4. The number of primary amides is 2. The first-order valence-electron chi connectivity index (χ1n) is 47.3. The number of aromatic nitrogens is 8. The number of likely N-dealkylation sites (N-methyl/N-ethyl adjacent to an activating group) is 1. The van der Waals surface area contributed by atoms with E-state index < -0.39 is 74.7 Å². The summed E-state index contributed by atoms with van der Waals surface area (Å²) in [4.78, 5) is 193. The Labute approximate surface area is 822 Å². The maximum absolute atomic E-state index is 13.9. The number of hydrogen-bond acceptors (Lipinski definition) is 18. The molecule has 8 saturated heterocycles. The number of nitrogens with zero attached hydrogens (tertiary/aromatic N) is 13. The van der Waals surface area contributed by atoms with Crippen molar-refractivity contribution < 1.29 is 84.2 Å². The molecule has 4 aromatic heterocycles. The second kappa shape index (κ2) is 39.9. The summed E-state index contributed by atoms with van der Waals surface area (Å²) in [5.41, 5.74) is 13.2. The van der Waals surface area contributed by atoms with Crippen LogP contribution in [-0.4, -0.2) is 253 Å². The van der Waals surface area contributed by atoms with Crippen LogP contribution in [0, 0.1) is 78.0 Å². The standard InChI is InChI=1S/C26H32ClFN6O3.C26H29ClFN5O4.C24H26ClF2N5O3.C21H23ClFN5O3/c1-16-13-20(18(27)14-19(16)28)34-8-7-26(25(34)37)5-3-17(4-6-26)31-23(35)21-22(30-15-29-21)24(36)33-11-9-32(2)10-12-33;1-15-8-19(17(27)9-18(15)28)33-7-6-26(24(33)36)4-2-16(3-5-26)31-22(34)20-21(30-14-29-20)23(35)32-10-25(11-32)12-37-13-25;1-13-8-18(16(25)9-17(13)27)32-7-6-24(23(32)35)4-2-15(3-5-24)30-21(33)19-20(29-12-28-19)22(34)31-10-14(26)11-31;1-11-8-15(13(22)9-14(11)23)27-7-6-21(20(27)31)4-2-12(3-5-21)28-10-26-16(18(24)29)17(28)19(25)30/h13-15,17H,3-12H2,1-2H3,(H,29,30)(H,31,35);8-9,14,16H,2-7,10-13H2,1H3,(H,29,30)(H,31,34);8-9,12,14-15H,2-7,10-11H2,1H3,(H,28,29)(H,30,33);8-10,12H,2-7H2,1H3,(H2,24,29)(H2,25,30). The van der Waals surface area contributed by atoms with Crippen molar-refractivity contribution in [3.05, 3.63) is 185 Å². The molecular formula is C97H110Cl4F5N21O13. The second-order valence-corrected chi connectivity index (χ2v) is 41.3. The first-order valence-corrected chi connectivity index (χ1v) is 48.8. The van der Waals surface area contributed by atoms with E-state index in [-0.39, 0.29) is 156 Å². The van der Waals surface area contributed by atoms with Gasteiger partial charge in [0.05, 0.1) is 122 Å². The zero-order chi connectivity index (χ0) is 99.7. The number of aryl methyl sites for hydroxylation is 4. The number of nitrogens with one attached hydrogen (secondary N) is 6. The Bertz CT molecular complexity index is 6250. The number of rotatable bonds is 16. The van der Waals surface area contributed by atoms with Gasteiger partial charge in [-0.1, -0.05) is 46.4 Å². The molecule has 4 aromatic carbocycles. The number of H-pyrrole nitrogens is 3. The predicted molar refractivity (Wildman–Crippen MR) is 507 cm³/mol. The third-order valence-corrected chi connectivity index (χ3v) is 32.0. The molecule has 12 fully saturated rings. The van der Waals surface area contributed by atoms with E-state index in [9.17, 15) is 79.5 Å². The summed E-state index contributed by atoms with van der Waals surface area (Å²) in [7, 11) is 2.01. The maximum atomic E-state index is 13.9. The molecule has 4 aliphatic carbocycles. The quantitative estimate of drug-likeness (QED) is 0.0417. The average molecular weight is 2010 g/mol. The van der Waals surface area contributed by atoms with Gasteiger partial charge in [-0.25, -0.2) is 41.9 Å². The molecule has 12 aliphatic rings. The van der Waals surface area contributed by atoms with E-state index in [1.807, 2.05) is 7.05 Å². The van der Waals surface area contributed by atoms with Gasteiger partial charge in [0.1, 0.15) is 52.2 Å². The number of ether oxygens (including phenoxy) is 1. The number of carbonyl (C=O) groups is 12. The molecule has 0 atom stereocenters. The Hall–Kier alpha value is -11.9. The molecule has 8 aliphatic heterocycles. The first-order chi connectivity index (χ1) is 66.7. The Morgan fingerprint density at radius 2 is 0.714 bits per heavy atom. The SMILES string of the molecule is Cc1cc(N2CCC3(CCC(NC(=O)c4nc[nH]c4C(=O)N4CC(F)C4)CC3)C2=O)c(Cl)cc1F.Cc1cc(N2CCC3(CCC(NC(=O)c4nc[nH]c4C(=O)N4CC5(COC5)C4)CC3)C2=O)c(Cl)cc1F.Cc1cc(N2CCC3(CCC(NC(=O)c4nc[nH]c4C(=O)N4CCN(C)CC4)CC3)C2=O)c(Cl)cc1F.Cc1cc(N2CCC3(CCC(n4cnc(C(N)=O)c4C(N)=O)CC3)C2=O)c(Cl)cc1F. The number of likely N-dealkylation sites (tertiary alicyclic amines) is 2. The number of benzene rings is 4. The molecule has 12 heterocycles. The van der Waals surface area contributed by atoms with Crippen molar-refractivity contribution in [1.29, 1.82) is 0 Å². The van der Waals surface area contributed by atoms with Gasteiger partial charge in [0.2, 0.25) is 23.6 Å². The number of piperazine rings is 1. The molecule has 140 heavy (non-hydrogen) atoms. The smallest absolute Gasteiger partial charge is 0.272 e. The molecule has 4 saturated carbocycles. The minimum Gasteiger partial charge on any atom is -0.380 e. The van der Waals surface area contributed by atoms with Crippen molar-refractivity contribution in [2.75, 3.05) is 118 Å². The van der Waals surface area contributed by atoms with Crippen molar-refractivity contribution in [2.24, 2.45) is 38.5 Å². The molecule has 8 aromatic rings. The lowest BCUT2D eigenvalue weighted by atomic mass is 9.71. The lowest BCUT2D eigenvalue weighted by Gasteiger charge is -2.54. The Morgan fingerprint density at radius 1 is 0.407 bits per heavy atom. The molecule has 0 bridgehead atoms. The first kappa shape index (κ1) is 99.6. The number of alkyl halides is 1. The number of hydrogen-bond donors (Lipinski definition) is 8. The van der Waals surface area contributed by atoms with Crippen LogP contribution in [0.3, 0.4) is 0 Å². The second-order valence-electron chi connectivity index (χ2n) is 39.6. The molecule has 0 radical (unpaired) electrons. The fourth-order valence-corrected chi connectivity index (χ4v) is 23.1. The Kier molecular flexibility index (Phi) is 28.4. The molecule has 10 N–H and O–H groups in total. The number of halogens is 9. The van der Waals surface area contributed by atoms with Crippen LogP contribution in [0.15, 0.2) is 73.8 Å². The lowest BCUT2D eigenvalue weighted by Crippen LogP contribution is -2.67. The lowest BCUT2D eigenvalue weighted by molar-refractivity contribution is -0.176. The highest BCUT2D eigenvalue weighted by Gasteiger charge is 2.56.